The first-order valence-corrected chi connectivity index (χ1v) is 15.1. The van der Waals surface area contributed by atoms with E-state index in [4.69, 9.17) is 0 Å². The van der Waals surface area contributed by atoms with Gasteiger partial charge in [0.1, 0.15) is 0 Å². The van der Waals surface area contributed by atoms with Crippen LogP contribution in [0.1, 0.15) is 108 Å². The zero-order chi connectivity index (χ0) is 28.2. The predicted octanol–water partition coefficient (Wildman–Crippen LogP) is 6.21. The van der Waals surface area contributed by atoms with Gasteiger partial charge in [-0.2, -0.15) is 0 Å². The third kappa shape index (κ3) is 13.9. The van der Waals surface area contributed by atoms with E-state index in [-0.39, 0.29) is 23.3 Å². The maximum absolute atomic E-state index is 12.5. The van der Waals surface area contributed by atoms with Crippen molar-refractivity contribution < 1.29 is 9.59 Å². The highest BCUT2D eigenvalue weighted by molar-refractivity contribution is 5.78. The minimum atomic E-state index is -0.0944. The van der Waals surface area contributed by atoms with Gasteiger partial charge in [-0.1, -0.05) is 82.1 Å². The summed E-state index contributed by atoms with van der Waals surface area (Å²) >= 11 is 0. The second-order valence-electron chi connectivity index (χ2n) is 14.2. The van der Waals surface area contributed by atoms with Crippen molar-refractivity contribution in [3.8, 4) is 0 Å². The summed E-state index contributed by atoms with van der Waals surface area (Å²) in [6, 6.07) is -0.0944. The summed E-state index contributed by atoms with van der Waals surface area (Å²) in [5.74, 6) is 3.47. The van der Waals surface area contributed by atoms with Crippen LogP contribution in [0.4, 0.5) is 4.79 Å². The van der Waals surface area contributed by atoms with Gasteiger partial charge in [0.25, 0.3) is 0 Å². The highest BCUT2D eigenvalue weighted by Crippen LogP contribution is 2.48. The van der Waals surface area contributed by atoms with Crippen LogP contribution >= 0.6 is 0 Å². The lowest BCUT2D eigenvalue weighted by atomic mass is 9.61. The maximum atomic E-state index is 12.5. The zero-order valence-electron chi connectivity index (χ0n) is 26.1. The van der Waals surface area contributed by atoms with E-state index in [9.17, 15) is 9.59 Å². The molecule has 0 aromatic rings. The van der Waals surface area contributed by atoms with Gasteiger partial charge in [-0.15, -0.1) is 0 Å². The van der Waals surface area contributed by atoms with Gasteiger partial charge in [-0.3, -0.25) is 4.79 Å². The van der Waals surface area contributed by atoms with E-state index in [0.29, 0.717) is 55.3 Å². The largest absolute Gasteiger partial charge is 0.355 e. The van der Waals surface area contributed by atoms with E-state index in [0.717, 1.165) is 31.7 Å². The lowest BCUT2D eigenvalue weighted by Crippen LogP contribution is -2.47. The first-order valence-electron chi connectivity index (χ1n) is 15.1. The van der Waals surface area contributed by atoms with Crippen LogP contribution in [0.25, 0.3) is 0 Å². The van der Waals surface area contributed by atoms with E-state index < -0.39 is 0 Å². The Labute approximate surface area is 229 Å². The summed E-state index contributed by atoms with van der Waals surface area (Å²) in [7, 11) is 0. The lowest BCUT2D eigenvalue weighted by molar-refractivity contribution is -0.125. The highest BCUT2D eigenvalue weighted by Gasteiger charge is 2.39. The van der Waals surface area contributed by atoms with E-state index in [1.807, 2.05) is 6.92 Å². The van der Waals surface area contributed by atoms with Crippen molar-refractivity contribution in [2.45, 2.75) is 108 Å². The number of hydrogen-bond donors (Lipinski definition) is 4. The van der Waals surface area contributed by atoms with Crippen molar-refractivity contribution in [1.29, 1.82) is 0 Å². The fourth-order valence-corrected chi connectivity index (χ4v) is 6.78. The summed E-state index contributed by atoms with van der Waals surface area (Å²) in [6.45, 7) is 26.2. The van der Waals surface area contributed by atoms with Crippen LogP contribution in [-0.4, -0.2) is 44.7 Å². The number of urea groups is 1. The molecule has 1 saturated carbocycles. The summed E-state index contributed by atoms with van der Waals surface area (Å²) in [5, 5.41) is 12.4. The first-order chi connectivity index (χ1) is 17.1. The normalized spacial score (nSPS) is 24.7. The molecule has 37 heavy (non-hydrogen) atoms. The number of rotatable bonds is 16. The van der Waals surface area contributed by atoms with Crippen molar-refractivity contribution in [1.82, 2.24) is 21.3 Å². The number of hydrogen-bond acceptors (Lipinski definition) is 3. The molecular formula is C31H62N4O2. The molecule has 6 heteroatoms. The molecule has 0 spiro atoms. The SMILES string of the molecule is CC(C)CC[C@H](C)[C@H](C)[C@H](C)C[C@H](C)C(=O)NCCNCCNC(=O)NCC1(C)CC(C)CC(C)(C)C1. The summed E-state index contributed by atoms with van der Waals surface area (Å²) in [6.07, 6.45) is 7.04. The molecule has 2 unspecified atom stereocenters. The van der Waals surface area contributed by atoms with Crippen LogP contribution in [0.5, 0.6) is 0 Å². The quantitative estimate of drug-likeness (QED) is 0.182. The van der Waals surface area contributed by atoms with Gasteiger partial charge in [0.05, 0.1) is 0 Å². The van der Waals surface area contributed by atoms with Gasteiger partial charge >= 0.3 is 6.03 Å². The molecule has 6 atom stereocenters. The third-order valence-electron chi connectivity index (χ3n) is 8.68. The van der Waals surface area contributed by atoms with E-state index >= 15 is 0 Å². The van der Waals surface area contributed by atoms with Crippen LogP contribution in [0, 0.1) is 46.3 Å². The first kappa shape index (κ1) is 33.7. The number of carbonyl (C=O) groups is 2. The Kier molecular flexibility index (Phi) is 14.5. The third-order valence-corrected chi connectivity index (χ3v) is 8.68. The fourth-order valence-electron chi connectivity index (χ4n) is 6.78. The van der Waals surface area contributed by atoms with Crippen molar-refractivity contribution in [3.63, 3.8) is 0 Å². The number of carbonyl (C=O) groups excluding carboxylic acids is 2. The molecule has 0 heterocycles. The monoisotopic (exact) mass is 522 g/mol. The summed E-state index contributed by atoms with van der Waals surface area (Å²) in [5.41, 5.74) is 0.498. The molecule has 1 fully saturated rings. The molecule has 4 N–H and O–H groups in total. The minimum Gasteiger partial charge on any atom is -0.355 e. The van der Waals surface area contributed by atoms with Crippen LogP contribution in [0.15, 0.2) is 0 Å². The molecule has 0 aromatic heterocycles. The van der Waals surface area contributed by atoms with Gasteiger partial charge < -0.3 is 21.3 Å². The Balaban J connectivity index is 2.15. The second kappa shape index (κ2) is 16.0. The highest BCUT2D eigenvalue weighted by atomic mass is 16.2. The summed E-state index contributed by atoms with van der Waals surface area (Å²) in [4.78, 5) is 24.8. The van der Waals surface area contributed by atoms with Crippen LogP contribution in [0.3, 0.4) is 0 Å². The molecule has 1 rings (SSSR count). The standard InChI is InChI=1S/C31H62N4O2/c1-22(2)11-12-24(4)27(7)25(5)17-26(6)28(36)33-15-13-32-14-16-34-29(37)35-21-31(10)19-23(3)18-30(8,9)20-31/h22-27,32H,11-21H2,1-10H3,(H,33,36)(H2,34,35,37)/t23?,24-,25+,26-,27-,31?/m0/s1. The smallest absolute Gasteiger partial charge is 0.314 e. The van der Waals surface area contributed by atoms with Gasteiger partial charge in [0.2, 0.25) is 5.91 Å². The number of nitrogens with one attached hydrogen (secondary N) is 4. The molecule has 0 radical (unpaired) electrons. The fraction of sp³-hybridized carbons (Fsp3) is 0.935. The van der Waals surface area contributed by atoms with Crippen molar-refractivity contribution >= 4 is 11.9 Å². The Morgan fingerprint density at radius 2 is 1.43 bits per heavy atom. The lowest BCUT2D eigenvalue weighted by Gasteiger charge is -2.46. The van der Waals surface area contributed by atoms with Gasteiger partial charge in [-0.25, -0.2) is 4.79 Å². The zero-order valence-corrected chi connectivity index (χ0v) is 26.1. The Hall–Kier alpha value is -1.30. The van der Waals surface area contributed by atoms with Crippen LogP contribution < -0.4 is 21.3 Å². The van der Waals surface area contributed by atoms with Crippen molar-refractivity contribution in [2.24, 2.45) is 46.3 Å². The molecule has 218 valence electrons. The van der Waals surface area contributed by atoms with Crippen LogP contribution in [0.2, 0.25) is 0 Å². The van der Waals surface area contributed by atoms with Crippen molar-refractivity contribution in [2.75, 3.05) is 32.7 Å². The predicted molar refractivity (Wildman–Crippen MR) is 158 cm³/mol. The molecule has 0 aromatic carbocycles. The topological polar surface area (TPSA) is 82.3 Å². The second-order valence-corrected chi connectivity index (χ2v) is 14.2. The molecule has 0 bridgehead atoms. The van der Waals surface area contributed by atoms with Gasteiger partial charge in [-0.05, 0) is 66.1 Å². The molecule has 0 aliphatic heterocycles. The van der Waals surface area contributed by atoms with E-state index in [1.54, 1.807) is 0 Å². The van der Waals surface area contributed by atoms with Crippen LogP contribution in [-0.2, 0) is 4.79 Å². The van der Waals surface area contributed by atoms with Gasteiger partial charge in [0.15, 0.2) is 0 Å². The Morgan fingerprint density at radius 3 is 2.03 bits per heavy atom. The average Bonchev–Trinajstić information content (AvgIpc) is 2.78. The van der Waals surface area contributed by atoms with E-state index in [1.165, 1.54) is 19.3 Å². The Bertz CT molecular complexity index is 680. The van der Waals surface area contributed by atoms with E-state index in [2.05, 4.69) is 83.6 Å². The Morgan fingerprint density at radius 1 is 0.811 bits per heavy atom. The molecule has 1 aliphatic rings. The molecule has 3 amide bonds. The summed E-state index contributed by atoms with van der Waals surface area (Å²) < 4.78 is 0. The molecular weight excluding hydrogens is 460 g/mol. The van der Waals surface area contributed by atoms with Crippen molar-refractivity contribution in [3.05, 3.63) is 0 Å². The average molecular weight is 523 g/mol. The molecule has 6 nitrogen and oxygen atoms in total. The maximum Gasteiger partial charge on any atom is 0.314 e. The molecule has 1 aliphatic carbocycles. The minimum absolute atomic E-state index is 0.0275. The van der Waals surface area contributed by atoms with Gasteiger partial charge in [0, 0.05) is 38.6 Å². The molecule has 0 saturated heterocycles. The number of amides is 3.